The Hall–Kier alpha value is -3.52. The molecule has 0 spiro atoms. The number of fused-ring (bicyclic) bond motifs is 1. The second-order valence-corrected chi connectivity index (χ2v) is 12.2. The van der Waals surface area contributed by atoms with Gasteiger partial charge in [-0.15, -0.1) is 0 Å². The molecule has 0 fully saturated rings. The molecule has 3 aromatic carbocycles. The number of hydrogen-bond acceptors (Lipinski definition) is 5. The fraction of sp³-hybridized carbons (Fsp3) is 0.345. The fourth-order valence-electron chi connectivity index (χ4n) is 4.33. The summed E-state index contributed by atoms with van der Waals surface area (Å²) in [5, 5.41) is 2.96. The van der Waals surface area contributed by atoms with Gasteiger partial charge in [-0.25, -0.2) is 8.42 Å². The topological polar surface area (TPSA) is 84.9 Å². The van der Waals surface area contributed by atoms with Crippen LogP contribution in [0, 0.1) is 6.92 Å². The number of para-hydroxylation sites is 1. The van der Waals surface area contributed by atoms with Crippen molar-refractivity contribution in [1.82, 2.24) is 5.32 Å². The molecule has 3 aromatic rings. The number of ether oxygens (including phenoxy) is 2. The van der Waals surface area contributed by atoms with Crippen LogP contribution < -0.4 is 19.1 Å². The number of nitrogens with one attached hydrogen (secondary N) is 1. The summed E-state index contributed by atoms with van der Waals surface area (Å²) in [4.78, 5) is 13.5. The number of amides is 1. The number of hydrogen-bond donors (Lipinski definition) is 1. The standard InChI is InChI=1S/C29H34N2O5S/c1-19-11-14-22(15-12-19)37(33,34)31-18-27(36-26-16-13-21(17-24(26)31)29(3,4)5)28(32)30-20(2)23-9-7-8-10-25(23)35-6/h7-17,20,27H,18H2,1-6H3,(H,30,32)/t20-,27+/m1/s1. The van der Waals surface area contributed by atoms with Crippen molar-refractivity contribution in [3.63, 3.8) is 0 Å². The van der Waals surface area contributed by atoms with E-state index in [2.05, 4.69) is 26.1 Å². The summed E-state index contributed by atoms with van der Waals surface area (Å²) in [5.41, 5.74) is 2.96. The van der Waals surface area contributed by atoms with Gasteiger partial charge in [0.15, 0.2) is 6.10 Å². The molecule has 1 amide bonds. The van der Waals surface area contributed by atoms with Gasteiger partial charge in [0.05, 0.1) is 30.3 Å². The van der Waals surface area contributed by atoms with E-state index in [1.165, 1.54) is 4.31 Å². The normalized spacial score (nSPS) is 16.4. The van der Waals surface area contributed by atoms with Gasteiger partial charge in [0.25, 0.3) is 15.9 Å². The van der Waals surface area contributed by atoms with Crippen molar-refractivity contribution in [1.29, 1.82) is 0 Å². The minimum Gasteiger partial charge on any atom is -0.496 e. The van der Waals surface area contributed by atoms with Gasteiger partial charge < -0.3 is 14.8 Å². The van der Waals surface area contributed by atoms with Gasteiger partial charge in [-0.3, -0.25) is 9.10 Å². The maximum atomic E-state index is 13.8. The molecule has 196 valence electrons. The number of methoxy groups -OCH3 is 1. The van der Waals surface area contributed by atoms with Gasteiger partial charge in [0.1, 0.15) is 11.5 Å². The number of nitrogens with zero attached hydrogens (tertiary/aromatic N) is 1. The number of sulfonamides is 1. The molecule has 1 N–H and O–H groups in total. The largest absolute Gasteiger partial charge is 0.496 e. The minimum absolute atomic E-state index is 0.152. The maximum Gasteiger partial charge on any atom is 0.264 e. The van der Waals surface area contributed by atoms with E-state index in [1.807, 2.05) is 50.2 Å². The molecule has 4 rings (SSSR count). The van der Waals surface area contributed by atoms with Crippen LogP contribution in [0.5, 0.6) is 11.5 Å². The number of rotatable bonds is 6. The lowest BCUT2D eigenvalue weighted by Gasteiger charge is -2.36. The molecule has 8 heteroatoms. The van der Waals surface area contributed by atoms with Gasteiger partial charge in [-0.1, -0.05) is 62.7 Å². The smallest absolute Gasteiger partial charge is 0.264 e. The molecular weight excluding hydrogens is 488 g/mol. The highest BCUT2D eigenvalue weighted by atomic mass is 32.2. The lowest BCUT2D eigenvalue weighted by molar-refractivity contribution is -0.128. The van der Waals surface area contributed by atoms with Crippen LogP contribution in [0.1, 0.15) is 50.4 Å². The quantitative estimate of drug-likeness (QED) is 0.485. The van der Waals surface area contributed by atoms with Crippen molar-refractivity contribution in [2.45, 2.75) is 57.1 Å². The Kier molecular flexibility index (Phi) is 7.24. The zero-order valence-corrected chi connectivity index (χ0v) is 22.9. The summed E-state index contributed by atoms with van der Waals surface area (Å²) >= 11 is 0. The highest BCUT2D eigenvalue weighted by Crippen LogP contribution is 2.40. The molecule has 0 unspecified atom stereocenters. The Balaban J connectivity index is 1.70. The second kappa shape index (κ2) is 10.1. The zero-order chi connectivity index (χ0) is 27.0. The molecular formula is C29H34N2O5S. The number of anilines is 1. The lowest BCUT2D eigenvalue weighted by atomic mass is 9.86. The van der Waals surface area contributed by atoms with Gasteiger partial charge in [0, 0.05) is 5.56 Å². The summed E-state index contributed by atoms with van der Waals surface area (Å²) in [6.45, 7) is 9.79. The van der Waals surface area contributed by atoms with Gasteiger partial charge >= 0.3 is 0 Å². The van der Waals surface area contributed by atoms with Gasteiger partial charge in [0.2, 0.25) is 0 Å². The highest BCUT2D eigenvalue weighted by Gasteiger charge is 2.38. The SMILES string of the molecule is COc1ccccc1[C@@H](C)NC(=O)[C@@H]1CN(S(=O)(=O)c2ccc(C)cc2)c2cc(C(C)(C)C)ccc2O1. The van der Waals surface area contributed by atoms with E-state index in [-0.39, 0.29) is 22.9 Å². The first-order valence-corrected chi connectivity index (χ1v) is 13.7. The summed E-state index contributed by atoms with van der Waals surface area (Å²) in [6, 6.07) is 19.3. The third kappa shape index (κ3) is 5.44. The number of carbonyl (C=O) groups excluding carboxylic acids is 1. The van der Waals surface area contributed by atoms with Crippen LogP contribution in [-0.2, 0) is 20.2 Å². The van der Waals surface area contributed by atoms with E-state index in [9.17, 15) is 13.2 Å². The second-order valence-electron chi connectivity index (χ2n) is 10.4. The molecule has 2 atom stereocenters. The molecule has 1 heterocycles. The van der Waals surface area contributed by atoms with Crippen molar-refractivity contribution in [2.24, 2.45) is 0 Å². The fourth-order valence-corrected chi connectivity index (χ4v) is 5.80. The molecule has 1 aliphatic heterocycles. The zero-order valence-electron chi connectivity index (χ0n) is 22.1. The predicted octanol–water partition coefficient (Wildman–Crippen LogP) is 5.13. The van der Waals surface area contributed by atoms with Crippen molar-refractivity contribution in [2.75, 3.05) is 18.0 Å². The van der Waals surface area contributed by atoms with Crippen LogP contribution in [0.2, 0.25) is 0 Å². The van der Waals surface area contributed by atoms with Gasteiger partial charge in [-0.2, -0.15) is 0 Å². The molecule has 7 nitrogen and oxygen atoms in total. The Labute approximate surface area is 219 Å². The molecule has 0 radical (unpaired) electrons. The molecule has 0 aliphatic carbocycles. The molecule has 0 aromatic heterocycles. The Bertz CT molecular complexity index is 1390. The Morgan fingerprint density at radius 3 is 2.41 bits per heavy atom. The van der Waals surface area contributed by atoms with Crippen molar-refractivity contribution < 1.29 is 22.7 Å². The van der Waals surface area contributed by atoms with Crippen LogP contribution in [-0.4, -0.2) is 34.1 Å². The molecule has 37 heavy (non-hydrogen) atoms. The number of benzene rings is 3. The molecule has 0 bridgehead atoms. The maximum absolute atomic E-state index is 13.8. The summed E-state index contributed by atoms with van der Waals surface area (Å²) < 4.78 is 40.5. The Morgan fingerprint density at radius 2 is 1.76 bits per heavy atom. The molecule has 0 saturated heterocycles. The van der Waals surface area contributed by atoms with E-state index in [0.717, 1.165) is 16.7 Å². The Morgan fingerprint density at radius 1 is 1.08 bits per heavy atom. The van der Waals surface area contributed by atoms with E-state index < -0.39 is 22.0 Å². The number of aryl methyl sites for hydroxylation is 1. The van der Waals surface area contributed by atoms with Crippen molar-refractivity contribution >= 4 is 21.6 Å². The third-order valence-electron chi connectivity index (χ3n) is 6.56. The average Bonchev–Trinajstić information content (AvgIpc) is 2.87. The summed E-state index contributed by atoms with van der Waals surface area (Å²) in [7, 11) is -2.38. The highest BCUT2D eigenvalue weighted by molar-refractivity contribution is 7.92. The van der Waals surface area contributed by atoms with Crippen LogP contribution >= 0.6 is 0 Å². The van der Waals surface area contributed by atoms with Crippen LogP contribution in [0.15, 0.2) is 71.6 Å². The van der Waals surface area contributed by atoms with Crippen molar-refractivity contribution in [3.05, 3.63) is 83.4 Å². The van der Waals surface area contributed by atoms with E-state index in [0.29, 0.717) is 17.2 Å². The monoisotopic (exact) mass is 522 g/mol. The third-order valence-corrected chi connectivity index (χ3v) is 8.35. The first-order chi connectivity index (χ1) is 17.4. The van der Waals surface area contributed by atoms with Crippen LogP contribution in [0.4, 0.5) is 5.69 Å². The van der Waals surface area contributed by atoms with Crippen LogP contribution in [0.3, 0.4) is 0 Å². The summed E-state index contributed by atoms with van der Waals surface area (Å²) in [6.07, 6.45) is -1.04. The molecule has 1 aliphatic rings. The van der Waals surface area contributed by atoms with E-state index in [1.54, 1.807) is 37.4 Å². The lowest BCUT2D eigenvalue weighted by Crippen LogP contribution is -2.51. The van der Waals surface area contributed by atoms with E-state index >= 15 is 0 Å². The van der Waals surface area contributed by atoms with Crippen molar-refractivity contribution in [3.8, 4) is 11.5 Å². The number of carbonyl (C=O) groups is 1. The minimum atomic E-state index is -3.96. The predicted molar refractivity (Wildman–Crippen MR) is 145 cm³/mol. The first-order valence-electron chi connectivity index (χ1n) is 12.3. The first kappa shape index (κ1) is 26.5. The summed E-state index contributed by atoms with van der Waals surface area (Å²) in [5.74, 6) is 0.594. The van der Waals surface area contributed by atoms with E-state index in [4.69, 9.17) is 9.47 Å². The van der Waals surface area contributed by atoms with Gasteiger partial charge in [-0.05, 0) is 55.2 Å². The average molecular weight is 523 g/mol. The molecule has 0 saturated carbocycles. The van der Waals surface area contributed by atoms with Crippen LogP contribution in [0.25, 0.3) is 0 Å².